The fourth-order valence-electron chi connectivity index (χ4n) is 4.83. The first-order valence-electron chi connectivity index (χ1n) is 13.9. The number of allylic oxidation sites excluding steroid dienone is 2. The third-order valence-corrected chi connectivity index (χ3v) is 7.05. The number of rotatable bonds is 14. The largest absolute Gasteiger partial charge is 0.494 e. The highest BCUT2D eigenvalue weighted by atomic mass is 16.5. The maximum Gasteiger partial charge on any atom is 0.343 e. The second-order valence-electron chi connectivity index (χ2n) is 9.93. The van der Waals surface area contributed by atoms with Gasteiger partial charge in [0.25, 0.3) is 0 Å². The van der Waals surface area contributed by atoms with Crippen LogP contribution >= 0.6 is 0 Å². The van der Waals surface area contributed by atoms with Crippen molar-refractivity contribution in [3.05, 3.63) is 71.8 Å². The fraction of sp³-hybridized carbons (Fsp3) is 0.531. The molecule has 0 bridgehead atoms. The molecule has 0 heterocycles. The highest BCUT2D eigenvalue weighted by Gasteiger charge is 2.21. The molecule has 2 aromatic carbocycles. The number of hydrogen-bond acceptors (Lipinski definition) is 3. The lowest BCUT2D eigenvalue weighted by Crippen LogP contribution is -2.12. The van der Waals surface area contributed by atoms with Crippen LogP contribution in [0.25, 0.3) is 0 Å². The van der Waals surface area contributed by atoms with Crippen LogP contribution in [0.4, 0.5) is 0 Å². The fourth-order valence-corrected chi connectivity index (χ4v) is 4.83. The summed E-state index contributed by atoms with van der Waals surface area (Å²) in [7, 11) is 0. The van der Waals surface area contributed by atoms with E-state index in [9.17, 15) is 4.79 Å². The molecule has 3 heteroatoms. The SMILES string of the molecule is CCCC=CC1CCC(c2ccc(OC(=O)c3ccc(OCCCCCCCC)cc3)cc2)CC1. The van der Waals surface area contributed by atoms with Gasteiger partial charge in [0.05, 0.1) is 12.2 Å². The minimum absolute atomic E-state index is 0.334. The first-order chi connectivity index (χ1) is 17.2. The zero-order chi connectivity index (χ0) is 24.7. The Morgan fingerprint density at radius 3 is 2.14 bits per heavy atom. The molecule has 1 aliphatic carbocycles. The molecule has 190 valence electrons. The summed E-state index contributed by atoms with van der Waals surface area (Å²) in [4.78, 5) is 12.6. The number of esters is 1. The molecule has 3 rings (SSSR count). The van der Waals surface area contributed by atoms with Gasteiger partial charge in [0, 0.05) is 0 Å². The number of hydrogen-bond donors (Lipinski definition) is 0. The van der Waals surface area contributed by atoms with Gasteiger partial charge in [-0.25, -0.2) is 4.79 Å². The molecule has 0 aliphatic heterocycles. The maximum atomic E-state index is 12.6. The zero-order valence-electron chi connectivity index (χ0n) is 21.8. The Labute approximate surface area is 212 Å². The predicted octanol–water partition coefficient (Wildman–Crippen LogP) is 9.28. The zero-order valence-corrected chi connectivity index (χ0v) is 21.8. The van der Waals surface area contributed by atoms with Crippen molar-refractivity contribution in [2.24, 2.45) is 5.92 Å². The molecule has 3 nitrogen and oxygen atoms in total. The van der Waals surface area contributed by atoms with Crippen molar-refractivity contribution in [1.29, 1.82) is 0 Å². The average molecular weight is 477 g/mol. The van der Waals surface area contributed by atoms with Gasteiger partial charge < -0.3 is 9.47 Å². The quantitative estimate of drug-likeness (QED) is 0.118. The molecule has 1 saturated carbocycles. The van der Waals surface area contributed by atoms with Crippen LogP contribution in [0, 0.1) is 5.92 Å². The van der Waals surface area contributed by atoms with Crippen molar-refractivity contribution in [3.63, 3.8) is 0 Å². The van der Waals surface area contributed by atoms with Gasteiger partial charge in [-0.1, -0.05) is 76.7 Å². The molecule has 0 N–H and O–H groups in total. The Bertz CT molecular complexity index is 874. The predicted molar refractivity (Wildman–Crippen MR) is 145 cm³/mol. The second kappa shape index (κ2) is 15.4. The van der Waals surface area contributed by atoms with Gasteiger partial charge in [0.1, 0.15) is 11.5 Å². The molecular formula is C32H44O3. The van der Waals surface area contributed by atoms with E-state index in [0.717, 1.165) is 24.7 Å². The lowest BCUT2D eigenvalue weighted by atomic mass is 9.78. The molecule has 0 radical (unpaired) electrons. The monoisotopic (exact) mass is 476 g/mol. The molecule has 1 aliphatic rings. The van der Waals surface area contributed by atoms with Gasteiger partial charge in [-0.2, -0.15) is 0 Å². The van der Waals surface area contributed by atoms with E-state index in [0.29, 0.717) is 17.2 Å². The van der Waals surface area contributed by atoms with E-state index >= 15 is 0 Å². The third kappa shape index (κ3) is 9.55. The summed E-state index contributed by atoms with van der Waals surface area (Å²) >= 11 is 0. The summed E-state index contributed by atoms with van der Waals surface area (Å²) in [5.41, 5.74) is 1.89. The van der Waals surface area contributed by atoms with Crippen LogP contribution in [0.15, 0.2) is 60.7 Å². The van der Waals surface area contributed by atoms with Crippen LogP contribution in [-0.4, -0.2) is 12.6 Å². The van der Waals surface area contributed by atoms with E-state index in [1.165, 1.54) is 76.2 Å². The van der Waals surface area contributed by atoms with Crippen LogP contribution in [0.2, 0.25) is 0 Å². The molecule has 0 spiro atoms. The lowest BCUT2D eigenvalue weighted by Gasteiger charge is -2.27. The molecule has 2 aromatic rings. The Balaban J connectivity index is 1.40. The van der Waals surface area contributed by atoms with Gasteiger partial charge in [-0.05, 0) is 92.3 Å². The summed E-state index contributed by atoms with van der Waals surface area (Å²) in [6.45, 7) is 5.18. The van der Waals surface area contributed by atoms with Crippen molar-refractivity contribution in [3.8, 4) is 11.5 Å². The molecule has 0 unspecified atom stereocenters. The third-order valence-electron chi connectivity index (χ3n) is 7.05. The standard InChI is InChI=1S/C32H44O3/c1-3-5-7-8-9-11-25-34-30-21-19-29(20-22-30)32(33)35-31-23-17-28(18-24-31)27-15-13-26(14-16-27)12-10-6-4-2/h10,12,17-24,26-27H,3-9,11,13-16,25H2,1-2H3. The molecule has 0 aromatic heterocycles. The smallest absolute Gasteiger partial charge is 0.343 e. The van der Waals surface area contributed by atoms with E-state index in [1.807, 2.05) is 24.3 Å². The van der Waals surface area contributed by atoms with Gasteiger partial charge in [0.15, 0.2) is 0 Å². The van der Waals surface area contributed by atoms with Crippen molar-refractivity contribution < 1.29 is 14.3 Å². The van der Waals surface area contributed by atoms with Crippen molar-refractivity contribution >= 4 is 5.97 Å². The van der Waals surface area contributed by atoms with E-state index in [-0.39, 0.29) is 5.97 Å². The highest BCUT2D eigenvalue weighted by molar-refractivity contribution is 5.91. The van der Waals surface area contributed by atoms with Crippen LogP contribution in [0.1, 0.15) is 113 Å². The van der Waals surface area contributed by atoms with Crippen LogP contribution < -0.4 is 9.47 Å². The van der Waals surface area contributed by atoms with Crippen LogP contribution in [0.5, 0.6) is 11.5 Å². The van der Waals surface area contributed by atoms with E-state index in [1.54, 1.807) is 12.1 Å². The van der Waals surface area contributed by atoms with Crippen LogP contribution in [0.3, 0.4) is 0 Å². The second-order valence-corrected chi connectivity index (χ2v) is 9.93. The van der Waals surface area contributed by atoms with Gasteiger partial charge >= 0.3 is 5.97 Å². The number of carbonyl (C=O) groups excluding carboxylic acids is 1. The molecule has 0 saturated heterocycles. The minimum atomic E-state index is -0.334. The summed E-state index contributed by atoms with van der Waals surface area (Å²) in [6, 6.07) is 15.4. The lowest BCUT2D eigenvalue weighted by molar-refractivity contribution is 0.0734. The Kier molecular flexibility index (Phi) is 11.9. The number of unbranched alkanes of at least 4 members (excludes halogenated alkanes) is 6. The Morgan fingerprint density at radius 1 is 0.800 bits per heavy atom. The summed E-state index contributed by atoms with van der Waals surface area (Å²) in [6.07, 6.45) is 19.6. The van der Waals surface area contributed by atoms with Crippen molar-refractivity contribution in [1.82, 2.24) is 0 Å². The summed E-state index contributed by atoms with van der Waals surface area (Å²) < 4.78 is 11.4. The van der Waals surface area contributed by atoms with Crippen LogP contribution in [-0.2, 0) is 0 Å². The number of ether oxygens (including phenoxy) is 2. The molecule has 0 amide bonds. The first-order valence-corrected chi connectivity index (χ1v) is 13.9. The Hall–Kier alpha value is -2.55. The highest BCUT2D eigenvalue weighted by Crippen LogP contribution is 2.37. The Morgan fingerprint density at radius 2 is 1.46 bits per heavy atom. The van der Waals surface area contributed by atoms with Gasteiger partial charge in [-0.15, -0.1) is 0 Å². The number of carbonyl (C=O) groups is 1. The van der Waals surface area contributed by atoms with Gasteiger partial charge in [0.2, 0.25) is 0 Å². The van der Waals surface area contributed by atoms with Crippen molar-refractivity contribution in [2.45, 2.75) is 96.8 Å². The molecular weight excluding hydrogens is 432 g/mol. The molecule has 35 heavy (non-hydrogen) atoms. The van der Waals surface area contributed by atoms with Crippen molar-refractivity contribution in [2.75, 3.05) is 6.61 Å². The first kappa shape index (κ1) is 27.0. The normalized spacial score (nSPS) is 18.0. The average Bonchev–Trinajstić information content (AvgIpc) is 2.89. The number of benzene rings is 2. The minimum Gasteiger partial charge on any atom is -0.494 e. The van der Waals surface area contributed by atoms with E-state index in [4.69, 9.17) is 9.47 Å². The maximum absolute atomic E-state index is 12.6. The topological polar surface area (TPSA) is 35.5 Å². The molecule has 0 atom stereocenters. The van der Waals surface area contributed by atoms with E-state index in [2.05, 4.69) is 38.1 Å². The summed E-state index contributed by atoms with van der Waals surface area (Å²) in [5, 5.41) is 0. The van der Waals surface area contributed by atoms with Gasteiger partial charge in [-0.3, -0.25) is 0 Å². The van der Waals surface area contributed by atoms with E-state index < -0.39 is 0 Å². The summed E-state index contributed by atoms with van der Waals surface area (Å²) in [5.74, 6) is 2.41. The molecule has 1 fully saturated rings.